The number of hydrazine groups is 1. The van der Waals surface area contributed by atoms with Gasteiger partial charge in [0.15, 0.2) is 4.34 Å². The lowest BCUT2D eigenvalue weighted by Crippen LogP contribution is -2.13. The lowest BCUT2D eigenvalue weighted by molar-refractivity contribution is 0.802. The zero-order valence-electron chi connectivity index (χ0n) is 10.3. The minimum atomic E-state index is 0.688. The van der Waals surface area contributed by atoms with Crippen LogP contribution in [0.4, 0.5) is 5.82 Å². The molecule has 0 atom stereocenters. The number of rotatable bonds is 5. The van der Waals surface area contributed by atoms with Gasteiger partial charge in [-0.2, -0.15) is 0 Å². The van der Waals surface area contributed by atoms with Crippen LogP contribution in [0.15, 0.2) is 20.9 Å². The van der Waals surface area contributed by atoms with Crippen molar-refractivity contribution in [1.82, 2.24) is 15.0 Å². The second kappa shape index (κ2) is 6.12. The molecule has 0 aliphatic carbocycles. The first-order valence-electron chi connectivity index (χ1n) is 5.66. The molecule has 2 aromatic heterocycles. The average Bonchev–Trinajstić information content (AvgIpc) is 2.86. The lowest BCUT2D eigenvalue weighted by Gasteiger charge is -2.10. The molecule has 0 saturated carbocycles. The lowest BCUT2D eigenvalue weighted by atomic mass is 10.3. The number of aryl methyl sites for hydroxylation is 1. The summed E-state index contributed by atoms with van der Waals surface area (Å²) in [5.74, 6) is 7.00. The van der Waals surface area contributed by atoms with Gasteiger partial charge in [-0.15, -0.1) is 11.3 Å². The van der Waals surface area contributed by atoms with E-state index < -0.39 is 0 Å². The number of nitrogen functional groups attached to an aromatic ring is 1. The second-order valence-corrected chi connectivity index (χ2v) is 5.84. The topological polar surface area (TPSA) is 76.7 Å². The first kappa shape index (κ1) is 13.3. The summed E-state index contributed by atoms with van der Waals surface area (Å²) in [6, 6.07) is 0. The number of aromatic nitrogens is 3. The molecule has 0 aromatic carbocycles. The smallest absolute Gasteiger partial charge is 0.156 e. The van der Waals surface area contributed by atoms with Crippen molar-refractivity contribution in [3.8, 4) is 0 Å². The summed E-state index contributed by atoms with van der Waals surface area (Å²) in [5.41, 5.74) is 3.59. The van der Waals surface area contributed by atoms with E-state index >= 15 is 0 Å². The van der Waals surface area contributed by atoms with E-state index in [9.17, 15) is 0 Å². The highest BCUT2D eigenvalue weighted by atomic mass is 32.2. The Morgan fingerprint density at radius 2 is 2.28 bits per heavy atom. The fourth-order valence-electron chi connectivity index (χ4n) is 1.46. The van der Waals surface area contributed by atoms with Crippen LogP contribution >= 0.6 is 23.1 Å². The quantitative estimate of drug-likeness (QED) is 0.498. The van der Waals surface area contributed by atoms with Crippen molar-refractivity contribution < 1.29 is 0 Å². The monoisotopic (exact) mass is 281 g/mol. The number of hydrogen-bond donors (Lipinski definition) is 2. The Labute approximate surface area is 114 Å². The Hall–Kier alpha value is -1.18. The van der Waals surface area contributed by atoms with Crippen LogP contribution in [0.1, 0.15) is 24.7 Å². The van der Waals surface area contributed by atoms with E-state index in [0.717, 1.165) is 33.6 Å². The molecule has 0 saturated heterocycles. The fourth-order valence-corrected chi connectivity index (χ4v) is 3.09. The zero-order valence-corrected chi connectivity index (χ0v) is 11.9. The van der Waals surface area contributed by atoms with Gasteiger partial charge >= 0.3 is 0 Å². The molecular formula is C11H15N5S2. The van der Waals surface area contributed by atoms with Crippen LogP contribution in [-0.2, 0) is 6.42 Å². The van der Waals surface area contributed by atoms with Crippen molar-refractivity contribution in [2.75, 3.05) is 5.43 Å². The van der Waals surface area contributed by atoms with Crippen LogP contribution in [-0.4, -0.2) is 15.0 Å². The molecule has 0 unspecified atom stereocenters. The Morgan fingerprint density at radius 3 is 2.89 bits per heavy atom. The van der Waals surface area contributed by atoms with E-state index in [1.165, 1.54) is 0 Å². The van der Waals surface area contributed by atoms with Crippen LogP contribution < -0.4 is 11.3 Å². The highest BCUT2D eigenvalue weighted by molar-refractivity contribution is 8.01. The molecule has 2 heterocycles. The summed E-state index contributed by atoms with van der Waals surface area (Å²) in [6.45, 7) is 4.06. The number of nitrogens with two attached hydrogens (primary N) is 1. The molecule has 0 bridgehead atoms. The predicted octanol–water partition coefficient (Wildman–Crippen LogP) is 2.63. The minimum absolute atomic E-state index is 0.688. The molecule has 0 aliphatic heterocycles. The molecule has 5 nitrogen and oxygen atoms in total. The number of thiazole rings is 1. The Balaban J connectivity index is 2.34. The highest BCUT2D eigenvalue weighted by Crippen LogP contribution is 2.32. The predicted molar refractivity (Wildman–Crippen MR) is 74.8 cm³/mol. The Kier molecular flexibility index (Phi) is 4.51. The summed E-state index contributed by atoms with van der Waals surface area (Å²) in [6.07, 6.45) is 3.65. The maximum atomic E-state index is 5.50. The van der Waals surface area contributed by atoms with Gasteiger partial charge in [-0.3, -0.25) is 0 Å². The number of anilines is 1. The van der Waals surface area contributed by atoms with E-state index in [-0.39, 0.29) is 0 Å². The van der Waals surface area contributed by atoms with Crippen molar-refractivity contribution in [3.05, 3.63) is 23.0 Å². The molecule has 96 valence electrons. The maximum absolute atomic E-state index is 5.50. The van der Waals surface area contributed by atoms with E-state index in [4.69, 9.17) is 5.84 Å². The van der Waals surface area contributed by atoms with Gasteiger partial charge in [0.25, 0.3) is 0 Å². The third-order valence-electron chi connectivity index (χ3n) is 2.35. The van der Waals surface area contributed by atoms with Crippen molar-refractivity contribution >= 4 is 28.9 Å². The number of hydrogen-bond acceptors (Lipinski definition) is 7. The molecule has 0 aliphatic rings. The maximum Gasteiger partial charge on any atom is 0.156 e. The molecule has 0 spiro atoms. The van der Waals surface area contributed by atoms with Gasteiger partial charge in [-0.1, -0.05) is 6.92 Å². The first-order chi connectivity index (χ1) is 8.74. The highest BCUT2D eigenvalue weighted by Gasteiger charge is 2.12. The van der Waals surface area contributed by atoms with Crippen LogP contribution in [0.2, 0.25) is 0 Å². The van der Waals surface area contributed by atoms with E-state index in [1.807, 2.05) is 12.3 Å². The molecule has 3 N–H and O–H groups in total. The van der Waals surface area contributed by atoms with Gasteiger partial charge in [0, 0.05) is 23.6 Å². The van der Waals surface area contributed by atoms with Crippen molar-refractivity contribution in [3.63, 3.8) is 0 Å². The number of nitrogens with one attached hydrogen (secondary N) is 1. The molecule has 7 heteroatoms. The van der Waals surface area contributed by atoms with Gasteiger partial charge in [0.2, 0.25) is 0 Å². The summed E-state index contributed by atoms with van der Waals surface area (Å²) in [5, 5.41) is 2.87. The molecular weight excluding hydrogens is 266 g/mol. The van der Waals surface area contributed by atoms with Crippen LogP contribution in [0.3, 0.4) is 0 Å². The molecule has 2 rings (SSSR count). The fraction of sp³-hybridized carbons (Fsp3) is 0.364. The summed E-state index contributed by atoms with van der Waals surface area (Å²) in [4.78, 5) is 13.2. The van der Waals surface area contributed by atoms with E-state index in [1.54, 1.807) is 29.3 Å². The van der Waals surface area contributed by atoms with Crippen LogP contribution in [0, 0.1) is 6.92 Å². The largest absolute Gasteiger partial charge is 0.308 e. The van der Waals surface area contributed by atoms with Gasteiger partial charge < -0.3 is 5.43 Å². The van der Waals surface area contributed by atoms with E-state index in [0.29, 0.717) is 5.82 Å². The minimum Gasteiger partial charge on any atom is -0.308 e. The van der Waals surface area contributed by atoms with Gasteiger partial charge in [-0.05, 0) is 25.1 Å². The van der Waals surface area contributed by atoms with Crippen molar-refractivity contribution in [2.45, 2.75) is 36.1 Å². The molecule has 2 aromatic rings. The SMILES string of the molecule is CCCc1nc(NN)c(C)c(Sc2nccs2)n1. The third-order valence-corrected chi connectivity index (χ3v) is 4.33. The van der Waals surface area contributed by atoms with Gasteiger partial charge in [0.1, 0.15) is 16.7 Å². The molecule has 18 heavy (non-hydrogen) atoms. The molecule has 0 amide bonds. The summed E-state index contributed by atoms with van der Waals surface area (Å²) < 4.78 is 0.974. The normalized spacial score (nSPS) is 10.6. The second-order valence-electron chi connectivity index (χ2n) is 3.71. The Morgan fingerprint density at radius 1 is 1.44 bits per heavy atom. The molecule has 0 fully saturated rings. The molecule has 0 radical (unpaired) electrons. The van der Waals surface area contributed by atoms with Gasteiger partial charge in [0.05, 0.1) is 0 Å². The standard InChI is InChI=1S/C11H15N5S2/c1-3-4-8-14-9(16-12)7(2)10(15-8)18-11-13-5-6-17-11/h5-6H,3-4,12H2,1-2H3,(H,14,15,16). The van der Waals surface area contributed by atoms with Gasteiger partial charge in [-0.25, -0.2) is 20.8 Å². The van der Waals surface area contributed by atoms with E-state index in [2.05, 4.69) is 27.3 Å². The number of nitrogens with zero attached hydrogens (tertiary/aromatic N) is 3. The average molecular weight is 281 g/mol. The van der Waals surface area contributed by atoms with Crippen molar-refractivity contribution in [1.29, 1.82) is 0 Å². The first-order valence-corrected chi connectivity index (χ1v) is 7.35. The third kappa shape index (κ3) is 2.98. The summed E-state index contributed by atoms with van der Waals surface area (Å²) in [7, 11) is 0. The van der Waals surface area contributed by atoms with Crippen molar-refractivity contribution in [2.24, 2.45) is 5.84 Å². The van der Waals surface area contributed by atoms with Crippen LogP contribution in [0.25, 0.3) is 0 Å². The van der Waals surface area contributed by atoms with Crippen LogP contribution in [0.5, 0.6) is 0 Å². The Bertz CT molecular complexity index is 512. The zero-order chi connectivity index (χ0) is 13.0. The summed E-state index contributed by atoms with van der Waals surface area (Å²) >= 11 is 3.15.